The highest BCUT2D eigenvalue weighted by molar-refractivity contribution is 6.29. The minimum Gasteiger partial charge on any atom is -0.305 e. The molecule has 1 aliphatic rings. The fourth-order valence-electron chi connectivity index (χ4n) is 2.02. The van der Waals surface area contributed by atoms with Crippen molar-refractivity contribution in [1.29, 1.82) is 0 Å². The average Bonchev–Trinajstić information content (AvgIpc) is 2.57. The van der Waals surface area contributed by atoms with Crippen molar-refractivity contribution in [3.8, 4) is 0 Å². The number of rotatable bonds is 3. The van der Waals surface area contributed by atoms with E-state index < -0.39 is 0 Å². The molecule has 1 N–H and O–H groups in total. The van der Waals surface area contributed by atoms with Gasteiger partial charge in [-0.3, -0.25) is 0 Å². The molecule has 1 nitrogen and oxygen atoms in total. The lowest BCUT2D eigenvalue weighted by atomic mass is 10.1. The summed E-state index contributed by atoms with van der Waals surface area (Å²) in [5, 5.41) is 3.85. The summed E-state index contributed by atoms with van der Waals surface area (Å²) in [5.41, 5.74) is 2.29. The summed E-state index contributed by atoms with van der Waals surface area (Å²) >= 11 is 5.68. The average molecular weight is 226 g/mol. The molecule has 0 saturated carbocycles. The molecule has 0 radical (unpaired) electrons. The van der Waals surface area contributed by atoms with E-state index in [1.165, 1.54) is 11.6 Å². The SMILES string of the molecule is C=C(Cl)CNC1CCc2ccc(F)cc21. The smallest absolute Gasteiger partial charge is 0.123 e. The first kappa shape index (κ1) is 10.7. The Kier molecular flexibility index (Phi) is 3.08. The maximum Gasteiger partial charge on any atom is 0.123 e. The van der Waals surface area contributed by atoms with Gasteiger partial charge in [0.05, 0.1) is 0 Å². The van der Waals surface area contributed by atoms with Gasteiger partial charge in [-0.05, 0) is 36.1 Å². The molecule has 0 saturated heterocycles. The zero-order valence-electron chi connectivity index (χ0n) is 8.39. The summed E-state index contributed by atoms with van der Waals surface area (Å²) in [5.74, 6) is -0.174. The molecule has 1 aliphatic carbocycles. The quantitative estimate of drug-likeness (QED) is 0.834. The Morgan fingerprint density at radius 1 is 1.60 bits per heavy atom. The molecule has 15 heavy (non-hydrogen) atoms. The molecule has 0 spiro atoms. The highest BCUT2D eigenvalue weighted by Crippen LogP contribution is 2.31. The Morgan fingerprint density at radius 2 is 2.40 bits per heavy atom. The third-order valence-corrected chi connectivity index (χ3v) is 2.86. The summed E-state index contributed by atoms with van der Waals surface area (Å²) < 4.78 is 13.1. The fourth-order valence-corrected chi connectivity index (χ4v) is 2.10. The van der Waals surface area contributed by atoms with Crippen LogP contribution < -0.4 is 5.32 Å². The summed E-state index contributed by atoms with van der Waals surface area (Å²) in [4.78, 5) is 0. The minimum absolute atomic E-state index is 0.174. The molecule has 0 aromatic heterocycles. The molecule has 1 unspecified atom stereocenters. The van der Waals surface area contributed by atoms with Gasteiger partial charge in [-0.2, -0.15) is 0 Å². The van der Waals surface area contributed by atoms with Crippen LogP contribution in [-0.2, 0) is 6.42 Å². The predicted molar refractivity (Wildman–Crippen MR) is 60.5 cm³/mol. The summed E-state index contributed by atoms with van der Waals surface area (Å²) in [6.07, 6.45) is 2.00. The second-order valence-corrected chi connectivity index (χ2v) is 4.37. The first-order chi connectivity index (χ1) is 7.16. The maximum atomic E-state index is 13.1. The van der Waals surface area contributed by atoms with Crippen LogP contribution in [-0.4, -0.2) is 6.54 Å². The lowest BCUT2D eigenvalue weighted by molar-refractivity contribution is 0.556. The number of hydrogen-bond donors (Lipinski definition) is 1. The van der Waals surface area contributed by atoms with Crippen LogP contribution in [0.1, 0.15) is 23.6 Å². The Hall–Kier alpha value is -0.860. The molecule has 80 valence electrons. The molecule has 1 aromatic carbocycles. The molecule has 0 heterocycles. The zero-order valence-corrected chi connectivity index (χ0v) is 9.15. The Morgan fingerprint density at radius 3 is 3.13 bits per heavy atom. The van der Waals surface area contributed by atoms with Gasteiger partial charge in [0.2, 0.25) is 0 Å². The summed E-state index contributed by atoms with van der Waals surface area (Å²) in [7, 11) is 0. The van der Waals surface area contributed by atoms with Crippen LogP contribution >= 0.6 is 11.6 Å². The number of fused-ring (bicyclic) bond motifs is 1. The number of hydrogen-bond acceptors (Lipinski definition) is 1. The first-order valence-corrected chi connectivity index (χ1v) is 5.39. The largest absolute Gasteiger partial charge is 0.305 e. The van der Waals surface area contributed by atoms with Crippen LogP contribution in [0, 0.1) is 5.82 Å². The van der Waals surface area contributed by atoms with Crippen molar-refractivity contribution in [3.05, 3.63) is 46.8 Å². The molecule has 2 rings (SSSR count). The van der Waals surface area contributed by atoms with Gasteiger partial charge in [-0.15, -0.1) is 0 Å². The van der Waals surface area contributed by atoms with Crippen LogP contribution in [0.4, 0.5) is 4.39 Å². The Bertz CT molecular complexity index is 389. The van der Waals surface area contributed by atoms with E-state index in [9.17, 15) is 4.39 Å². The van der Waals surface area contributed by atoms with E-state index >= 15 is 0 Å². The second-order valence-electron chi connectivity index (χ2n) is 3.83. The van der Waals surface area contributed by atoms with Gasteiger partial charge in [-0.25, -0.2) is 4.39 Å². The fraction of sp³-hybridized carbons (Fsp3) is 0.333. The lowest BCUT2D eigenvalue weighted by Gasteiger charge is -2.13. The van der Waals surface area contributed by atoms with Gasteiger partial charge in [-0.1, -0.05) is 24.2 Å². The van der Waals surface area contributed by atoms with Crippen LogP contribution in [0.2, 0.25) is 0 Å². The normalized spacial score (nSPS) is 18.9. The van der Waals surface area contributed by atoms with E-state index in [1.54, 1.807) is 6.07 Å². The van der Waals surface area contributed by atoms with Gasteiger partial charge < -0.3 is 5.32 Å². The molecule has 0 aliphatic heterocycles. The van der Waals surface area contributed by atoms with Gasteiger partial charge in [0, 0.05) is 17.6 Å². The van der Waals surface area contributed by atoms with Crippen LogP contribution in [0.5, 0.6) is 0 Å². The highest BCUT2D eigenvalue weighted by Gasteiger charge is 2.22. The summed E-state index contributed by atoms with van der Waals surface area (Å²) in [6, 6.07) is 5.20. The van der Waals surface area contributed by atoms with Crippen LogP contribution in [0.3, 0.4) is 0 Å². The Balaban J connectivity index is 2.13. The first-order valence-electron chi connectivity index (χ1n) is 5.02. The van der Waals surface area contributed by atoms with Crippen LogP contribution in [0.15, 0.2) is 29.8 Å². The van der Waals surface area contributed by atoms with Gasteiger partial charge in [0.1, 0.15) is 5.82 Å². The van der Waals surface area contributed by atoms with E-state index in [4.69, 9.17) is 11.6 Å². The highest BCUT2D eigenvalue weighted by atomic mass is 35.5. The van der Waals surface area contributed by atoms with Crippen molar-refractivity contribution < 1.29 is 4.39 Å². The summed E-state index contributed by atoms with van der Waals surface area (Å²) in [6.45, 7) is 4.19. The predicted octanol–water partition coefficient (Wildman–Crippen LogP) is 3.16. The van der Waals surface area contributed by atoms with Crippen molar-refractivity contribution in [2.75, 3.05) is 6.54 Å². The third-order valence-electron chi connectivity index (χ3n) is 2.73. The molecule has 0 bridgehead atoms. The van der Waals surface area contributed by atoms with Crippen molar-refractivity contribution in [1.82, 2.24) is 5.32 Å². The number of halogens is 2. The maximum absolute atomic E-state index is 13.1. The minimum atomic E-state index is -0.174. The second kappa shape index (κ2) is 4.33. The van der Waals surface area contributed by atoms with Crippen molar-refractivity contribution in [2.24, 2.45) is 0 Å². The van der Waals surface area contributed by atoms with E-state index in [1.807, 2.05) is 6.07 Å². The monoisotopic (exact) mass is 225 g/mol. The van der Waals surface area contributed by atoms with E-state index in [2.05, 4.69) is 11.9 Å². The molecular weight excluding hydrogens is 213 g/mol. The molecule has 1 aromatic rings. The molecule has 0 amide bonds. The van der Waals surface area contributed by atoms with Gasteiger partial charge in [0.15, 0.2) is 0 Å². The van der Waals surface area contributed by atoms with Crippen LogP contribution in [0.25, 0.3) is 0 Å². The van der Waals surface area contributed by atoms with E-state index in [0.717, 1.165) is 18.4 Å². The molecular formula is C12H13ClFN. The van der Waals surface area contributed by atoms with Gasteiger partial charge >= 0.3 is 0 Å². The third kappa shape index (κ3) is 2.39. The number of nitrogens with one attached hydrogen (secondary N) is 1. The molecule has 1 atom stereocenters. The Labute approximate surface area is 93.9 Å². The van der Waals surface area contributed by atoms with Crippen molar-refractivity contribution >= 4 is 11.6 Å². The standard InChI is InChI=1S/C12H13ClFN/c1-8(13)7-15-12-5-3-9-2-4-10(14)6-11(9)12/h2,4,6,12,15H,1,3,5,7H2. The van der Waals surface area contributed by atoms with Crippen molar-refractivity contribution in [2.45, 2.75) is 18.9 Å². The number of aryl methyl sites for hydroxylation is 1. The van der Waals surface area contributed by atoms with E-state index in [-0.39, 0.29) is 11.9 Å². The van der Waals surface area contributed by atoms with Gasteiger partial charge in [0.25, 0.3) is 0 Å². The van der Waals surface area contributed by atoms with Crippen molar-refractivity contribution in [3.63, 3.8) is 0 Å². The zero-order chi connectivity index (χ0) is 10.8. The number of benzene rings is 1. The lowest BCUT2D eigenvalue weighted by Crippen LogP contribution is -2.20. The van der Waals surface area contributed by atoms with E-state index in [0.29, 0.717) is 11.6 Å². The molecule has 0 fully saturated rings. The molecule has 3 heteroatoms. The topological polar surface area (TPSA) is 12.0 Å².